The molecule has 0 aliphatic heterocycles. The average Bonchev–Trinajstić information content (AvgIpc) is 2.54. The lowest BCUT2D eigenvalue weighted by Crippen LogP contribution is -2.44. The maximum atomic E-state index is 11.7. The molecule has 0 radical (unpaired) electrons. The molecule has 14 heavy (non-hydrogen) atoms. The molecular weight excluding hydrogens is 270 g/mol. The summed E-state index contributed by atoms with van der Waals surface area (Å²) in [7, 11) is -3.48. The van der Waals surface area contributed by atoms with Crippen LogP contribution in [0.3, 0.4) is 0 Å². The summed E-state index contributed by atoms with van der Waals surface area (Å²) in [6, 6.07) is 1.41. The molecule has 0 amide bonds. The fourth-order valence-corrected chi connectivity index (χ4v) is 2.49. The zero-order valence-electron chi connectivity index (χ0n) is 7.91. The Kier molecular flexibility index (Phi) is 3.33. The number of hydrogen-bond donors (Lipinski definition) is 2. The van der Waals surface area contributed by atoms with Crippen LogP contribution in [0.15, 0.2) is 17.3 Å². The second-order valence-electron chi connectivity index (χ2n) is 3.54. The van der Waals surface area contributed by atoms with Gasteiger partial charge in [-0.2, -0.15) is 5.10 Å². The van der Waals surface area contributed by atoms with Crippen molar-refractivity contribution in [3.63, 3.8) is 0 Å². The van der Waals surface area contributed by atoms with Crippen molar-refractivity contribution in [1.82, 2.24) is 14.9 Å². The summed E-state index contributed by atoms with van der Waals surface area (Å²) in [5, 5.41) is 6.61. The maximum Gasteiger partial charge on any atom is 0.257 e. The first-order valence-corrected chi connectivity index (χ1v) is 6.57. The van der Waals surface area contributed by atoms with Crippen molar-refractivity contribution in [2.75, 3.05) is 5.33 Å². The van der Waals surface area contributed by atoms with E-state index < -0.39 is 15.6 Å². The summed E-state index contributed by atoms with van der Waals surface area (Å²) in [5.41, 5.74) is -0.524. The van der Waals surface area contributed by atoms with Crippen LogP contribution in [0.1, 0.15) is 13.8 Å². The van der Waals surface area contributed by atoms with Crippen LogP contribution in [0, 0.1) is 0 Å². The molecule has 0 fully saturated rings. The molecule has 0 unspecified atom stereocenters. The number of rotatable bonds is 4. The summed E-state index contributed by atoms with van der Waals surface area (Å²) in [6.07, 6.45) is 1.40. The zero-order chi connectivity index (χ0) is 10.8. The predicted molar refractivity (Wildman–Crippen MR) is 56.8 cm³/mol. The van der Waals surface area contributed by atoms with Gasteiger partial charge < -0.3 is 0 Å². The number of aromatic amines is 1. The molecular formula is C7H12BrN3O2S. The van der Waals surface area contributed by atoms with E-state index in [2.05, 4.69) is 30.8 Å². The first-order chi connectivity index (χ1) is 6.37. The van der Waals surface area contributed by atoms with Crippen LogP contribution in [-0.2, 0) is 10.0 Å². The molecule has 0 saturated carbocycles. The van der Waals surface area contributed by atoms with Crippen LogP contribution in [0.25, 0.3) is 0 Å². The average molecular weight is 282 g/mol. The first-order valence-electron chi connectivity index (χ1n) is 3.97. The number of halogens is 1. The SMILES string of the molecule is CC(C)(CBr)NS(=O)(=O)c1ccn[nH]1. The number of alkyl halides is 1. The van der Waals surface area contributed by atoms with Gasteiger partial charge >= 0.3 is 0 Å². The van der Waals surface area contributed by atoms with Crippen LogP contribution in [0.2, 0.25) is 0 Å². The van der Waals surface area contributed by atoms with Crippen molar-refractivity contribution in [3.8, 4) is 0 Å². The highest BCUT2D eigenvalue weighted by Crippen LogP contribution is 2.12. The summed E-state index contributed by atoms with van der Waals surface area (Å²) in [4.78, 5) is 0. The summed E-state index contributed by atoms with van der Waals surface area (Å²) in [5.74, 6) is 0. The molecule has 5 nitrogen and oxygen atoms in total. The fourth-order valence-electron chi connectivity index (χ4n) is 0.839. The van der Waals surface area contributed by atoms with Gasteiger partial charge in [0.05, 0.1) is 6.20 Å². The number of sulfonamides is 1. The molecule has 1 aromatic rings. The highest BCUT2D eigenvalue weighted by molar-refractivity contribution is 9.09. The quantitative estimate of drug-likeness (QED) is 0.804. The normalized spacial score (nSPS) is 13.1. The molecule has 0 aliphatic carbocycles. The number of H-pyrrole nitrogens is 1. The van der Waals surface area contributed by atoms with E-state index in [1.165, 1.54) is 12.3 Å². The third-order valence-electron chi connectivity index (χ3n) is 1.51. The minimum absolute atomic E-state index is 0.0755. The van der Waals surface area contributed by atoms with Gasteiger partial charge in [0.15, 0.2) is 5.03 Å². The third kappa shape index (κ3) is 2.79. The van der Waals surface area contributed by atoms with Gasteiger partial charge in [0, 0.05) is 10.9 Å². The van der Waals surface area contributed by atoms with E-state index >= 15 is 0 Å². The van der Waals surface area contributed by atoms with E-state index in [1.54, 1.807) is 13.8 Å². The van der Waals surface area contributed by atoms with Crippen molar-refractivity contribution in [2.24, 2.45) is 0 Å². The van der Waals surface area contributed by atoms with E-state index in [0.29, 0.717) is 5.33 Å². The van der Waals surface area contributed by atoms with E-state index in [0.717, 1.165) is 0 Å². The van der Waals surface area contributed by atoms with Gasteiger partial charge in [-0.15, -0.1) is 0 Å². The Morgan fingerprint density at radius 1 is 1.64 bits per heavy atom. The van der Waals surface area contributed by atoms with Crippen LogP contribution in [0.5, 0.6) is 0 Å². The van der Waals surface area contributed by atoms with E-state index in [-0.39, 0.29) is 5.03 Å². The molecule has 7 heteroatoms. The van der Waals surface area contributed by atoms with Gasteiger partial charge in [-0.1, -0.05) is 15.9 Å². The minimum atomic E-state index is -3.48. The van der Waals surface area contributed by atoms with Crippen LogP contribution >= 0.6 is 15.9 Å². The lowest BCUT2D eigenvalue weighted by molar-refractivity contribution is 0.498. The molecule has 1 rings (SSSR count). The Labute approximate surface area is 91.5 Å². The van der Waals surface area contributed by atoms with E-state index in [1.807, 2.05) is 0 Å². The van der Waals surface area contributed by atoms with Crippen LogP contribution in [-0.4, -0.2) is 29.5 Å². The molecule has 80 valence electrons. The topological polar surface area (TPSA) is 74.8 Å². The molecule has 0 spiro atoms. The molecule has 1 heterocycles. The number of nitrogens with one attached hydrogen (secondary N) is 2. The fraction of sp³-hybridized carbons (Fsp3) is 0.571. The second kappa shape index (κ2) is 4.00. The third-order valence-corrected chi connectivity index (χ3v) is 4.54. The largest absolute Gasteiger partial charge is 0.266 e. The number of nitrogens with zero attached hydrogens (tertiary/aromatic N) is 1. The monoisotopic (exact) mass is 281 g/mol. The molecule has 0 aliphatic rings. The molecule has 0 atom stereocenters. The molecule has 2 N–H and O–H groups in total. The van der Waals surface area contributed by atoms with Crippen molar-refractivity contribution in [3.05, 3.63) is 12.3 Å². The Balaban J connectivity index is 2.89. The lowest BCUT2D eigenvalue weighted by Gasteiger charge is -2.22. The van der Waals surface area contributed by atoms with Crippen molar-refractivity contribution in [2.45, 2.75) is 24.4 Å². The summed E-state index contributed by atoms with van der Waals surface area (Å²) < 4.78 is 25.9. The minimum Gasteiger partial charge on any atom is -0.266 e. The Morgan fingerprint density at radius 3 is 2.71 bits per heavy atom. The smallest absolute Gasteiger partial charge is 0.257 e. The van der Waals surface area contributed by atoms with E-state index in [4.69, 9.17) is 0 Å². The van der Waals surface area contributed by atoms with Gasteiger partial charge in [-0.25, -0.2) is 13.1 Å². The molecule has 0 saturated heterocycles. The van der Waals surface area contributed by atoms with Gasteiger partial charge in [0.1, 0.15) is 0 Å². The molecule has 0 aromatic carbocycles. The Morgan fingerprint density at radius 2 is 2.29 bits per heavy atom. The molecule has 0 bridgehead atoms. The number of aromatic nitrogens is 2. The van der Waals surface area contributed by atoms with E-state index in [9.17, 15) is 8.42 Å². The van der Waals surface area contributed by atoms with Gasteiger partial charge in [-0.05, 0) is 19.9 Å². The van der Waals surface area contributed by atoms with Crippen molar-refractivity contribution < 1.29 is 8.42 Å². The first kappa shape index (κ1) is 11.7. The highest BCUT2D eigenvalue weighted by atomic mass is 79.9. The van der Waals surface area contributed by atoms with Crippen molar-refractivity contribution in [1.29, 1.82) is 0 Å². The van der Waals surface area contributed by atoms with Crippen LogP contribution < -0.4 is 4.72 Å². The standard InChI is InChI=1S/C7H12BrN3O2S/c1-7(2,5-8)11-14(12,13)6-3-4-9-10-6/h3-4,11H,5H2,1-2H3,(H,9,10). The van der Waals surface area contributed by atoms with Crippen LogP contribution in [0.4, 0.5) is 0 Å². The zero-order valence-corrected chi connectivity index (χ0v) is 10.3. The second-order valence-corrected chi connectivity index (χ2v) is 5.76. The maximum absolute atomic E-state index is 11.7. The highest BCUT2D eigenvalue weighted by Gasteiger charge is 2.25. The van der Waals surface area contributed by atoms with Crippen molar-refractivity contribution >= 4 is 26.0 Å². The van der Waals surface area contributed by atoms with Gasteiger partial charge in [0.25, 0.3) is 10.0 Å². The molecule has 1 aromatic heterocycles. The predicted octanol–water partition coefficient (Wildman–Crippen LogP) is 0.861. The summed E-state index contributed by atoms with van der Waals surface area (Å²) >= 11 is 3.23. The Hall–Kier alpha value is -0.400. The number of hydrogen-bond acceptors (Lipinski definition) is 3. The van der Waals surface area contributed by atoms with Gasteiger partial charge in [0.2, 0.25) is 0 Å². The van der Waals surface area contributed by atoms with Gasteiger partial charge in [-0.3, -0.25) is 5.10 Å². The Bertz CT molecular complexity index is 385. The summed E-state index contributed by atoms with van der Waals surface area (Å²) in [6.45, 7) is 3.57. The lowest BCUT2D eigenvalue weighted by atomic mass is 10.1.